The van der Waals surface area contributed by atoms with E-state index in [9.17, 15) is 14.3 Å². The van der Waals surface area contributed by atoms with Crippen LogP contribution >= 0.6 is 0 Å². The Labute approximate surface area is 245 Å². The number of rotatable bonds is 10. The number of carbonyl (C=O) groups is 1. The van der Waals surface area contributed by atoms with Crippen molar-refractivity contribution in [2.45, 2.75) is 46.5 Å². The zero-order chi connectivity index (χ0) is 29.7. The lowest BCUT2D eigenvalue weighted by Gasteiger charge is -2.40. The molecule has 1 aliphatic heterocycles. The molecule has 218 valence electrons. The number of aliphatic carboxylic acids is 1. The molecule has 0 bridgehead atoms. The van der Waals surface area contributed by atoms with E-state index in [2.05, 4.69) is 34.0 Å². The maximum Gasteiger partial charge on any atom is 0.307 e. The third-order valence-corrected chi connectivity index (χ3v) is 7.78. The first-order valence-corrected chi connectivity index (χ1v) is 14.2. The van der Waals surface area contributed by atoms with E-state index in [0.29, 0.717) is 41.7 Å². The minimum atomic E-state index is -0.897. The molecule has 2 aromatic carbocycles. The number of hydrogen-bond donors (Lipinski definition) is 2. The number of carboxylic acids is 1. The predicted molar refractivity (Wildman–Crippen MR) is 162 cm³/mol. The van der Waals surface area contributed by atoms with Crippen LogP contribution in [0.25, 0.3) is 11.1 Å². The van der Waals surface area contributed by atoms with Gasteiger partial charge >= 0.3 is 5.97 Å². The van der Waals surface area contributed by atoms with Crippen molar-refractivity contribution in [2.75, 3.05) is 29.9 Å². The van der Waals surface area contributed by atoms with Crippen molar-refractivity contribution in [1.29, 1.82) is 0 Å². The van der Waals surface area contributed by atoms with Crippen molar-refractivity contribution in [3.8, 4) is 16.9 Å². The Morgan fingerprint density at radius 3 is 2.43 bits per heavy atom. The summed E-state index contributed by atoms with van der Waals surface area (Å²) in [4.78, 5) is 27.6. The van der Waals surface area contributed by atoms with Gasteiger partial charge in [0.25, 0.3) is 0 Å². The lowest BCUT2D eigenvalue weighted by atomic mass is 9.82. The van der Waals surface area contributed by atoms with Crippen LogP contribution in [0.5, 0.6) is 5.75 Å². The molecule has 0 unspecified atom stereocenters. The number of piperidine rings is 1. The maximum atomic E-state index is 13.2. The average Bonchev–Trinajstić information content (AvgIpc) is 2.96. The average molecular weight is 570 g/mol. The first-order chi connectivity index (χ1) is 20.2. The molecule has 1 saturated heterocycles. The van der Waals surface area contributed by atoms with Gasteiger partial charge in [-0.05, 0) is 66.6 Å². The minimum absolute atomic E-state index is 0.126. The normalized spacial score (nSPS) is 14.4. The molecule has 5 rings (SSSR count). The van der Waals surface area contributed by atoms with Gasteiger partial charge in [-0.1, -0.05) is 38.1 Å². The second-order valence-corrected chi connectivity index (χ2v) is 11.4. The first kappa shape index (κ1) is 29.0. The van der Waals surface area contributed by atoms with Gasteiger partial charge in [-0.3, -0.25) is 4.79 Å². The van der Waals surface area contributed by atoms with Gasteiger partial charge in [-0.25, -0.2) is 19.3 Å². The molecule has 42 heavy (non-hydrogen) atoms. The highest BCUT2D eigenvalue weighted by Gasteiger charge is 2.31. The molecule has 1 fully saturated rings. The molecule has 2 aromatic heterocycles. The van der Waals surface area contributed by atoms with Crippen LogP contribution in [0.1, 0.15) is 43.5 Å². The van der Waals surface area contributed by atoms with Gasteiger partial charge < -0.3 is 20.1 Å². The second kappa shape index (κ2) is 12.5. The lowest BCUT2D eigenvalue weighted by Crippen LogP contribution is -2.38. The van der Waals surface area contributed by atoms with E-state index in [0.717, 1.165) is 48.3 Å². The molecule has 0 spiro atoms. The highest BCUT2D eigenvalue weighted by molar-refractivity contribution is 5.92. The third kappa shape index (κ3) is 7.02. The van der Waals surface area contributed by atoms with E-state index in [1.807, 2.05) is 31.2 Å². The number of nitrogens with one attached hydrogen (secondary N) is 1. The van der Waals surface area contributed by atoms with Crippen LogP contribution in [-0.4, -0.2) is 45.7 Å². The summed E-state index contributed by atoms with van der Waals surface area (Å²) in [5, 5.41) is 13.2. The maximum absolute atomic E-state index is 13.2. The Morgan fingerprint density at radius 1 is 1.07 bits per heavy atom. The number of nitrogens with zero attached hydrogens (tertiary/aromatic N) is 4. The fraction of sp³-hybridized carbons (Fsp3) is 0.333. The second-order valence-electron chi connectivity index (χ2n) is 11.4. The molecule has 0 amide bonds. The summed E-state index contributed by atoms with van der Waals surface area (Å²) in [7, 11) is 0. The monoisotopic (exact) mass is 569 g/mol. The molecule has 4 aromatic rings. The molecule has 1 aliphatic rings. The molecule has 0 aliphatic carbocycles. The predicted octanol–water partition coefficient (Wildman–Crippen LogP) is 6.60. The van der Waals surface area contributed by atoms with Gasteiger partial charge in [-0.2, -0.15) is 0 Å². The molecule has 2 N–H and O–H groups in total. The summed E-state index contributed by atoms with van der Waals surface area (Å²) in [5.41, 5.74) is 5.20. The highest BCUT2D eigenvalue weighted by Crippen LogP contribution is 2.44. The van der Waals surface area contributed by atoms with Crippen LogP contribution in [0.4, 0.5) is 21.7 Å². The number of carboxylic acid groups (broad SMARTS) is 1. The van der Waals surface area contributed by atoms with Crippen molar-refractivity contribution in [2.24, 2.45) is 5.41 Å². The molecule has 0 atom stereocenters. The smallest absolute Gasteiger partial charge is 0.307 e. The number of pyridine rings is 1. The molecule has 3 heterocycles. The zero-order valence-corrected chi connectivity index (χ0v) is 24.2. The van der Waals surface area contributed by atoms with Gasteiger partial charge in [0.2, 0.25) is 0 Å². The number of aromatic nitrogens is 3. The van der Waals surface area contributed by atoms with Gasteiger partial charge in [-0.15, -0.1) is 0 Å². The summed E-state index contributed by atoms with van der Waals surface area (Å²) in [6.45, 7) is 8.50. The van der Waals surface area contributed by atoms with Crippen LogP contribution in [0.3, 0.4) is 0 Å². The summed E-state index contributed by atoms with van der Waals surface area (Å²) in [5.74, 6) is 0.749. The standard InChI is InChI=1S/C33H36FN5O3/c1-22-27(20-29(40)41)31(39-17-14-33(2,3)15-18-39)30(32(37-22)38-28-12-16-35-21-36-28)24-6-10-26(11-7-24)42-19-13-23-4-8-25(34)9-5-23/h4-12,16,21H,13-15,17-20H2,1-3H3,(H,40,41)(H,35,36,37,38). The molecule has 9 heteroatoms. The summed E-state index contributed by atoms with van der Waals surface area (Å²) >= 11 is 0. The van der Waals surface area contributed by atoms with Crippen molar-refractivity contribution >= 4 is 23.3 Å². The van der Waals surface area contributed by atoms with Crippen LogP contribution < -0.4 is 15.0 Å². The van der Waals surface area contributed by atoms with Crippen molar-refractivity contribution in [3.63, 3.8) is 0 Å². The van der Waals surface area contributed by atoms with E-state index in [1.165, 1.54) is 18.5 Å². The van der Waals surface area contributed by atoms with Gasteiger partial charge in [0, 0.05) is 42.5 Å². The summed E-state index contributed by atoms with van der Waals surface area (Å²) in [6.07, 6.45) is 5.65. The van der Waals surface area contributed by atoms with Crippen LogP contribution in [0.15, 0.2) is 67.1 Å². The summed E-state index contributed by atoms with van der Waals surface area (Å²) in [6, 6.07) is 16.0. The van der Waals surface area contributed by atoms with Crippen LogP contribution in [0, 0.1) is 18.2 Å². The minimum Gasteiger partial charge on any atom is -0.493 e. The lowest BCUT2D eigenvalue weighted by molar-refractivity contribution is -0.136. The number of hydrogen-bond acceptors (Lipinski definition) is 7. The Morgan fingerprint density at radius 2 is 1.79 bits per heavy atom. The van der Waals surface area contributed by atoms with Crippen LogP contribution in [-0.2, 0) is 17.6 Å². The number of halogens is 1. The quantitative estimate of drug-likeness (QED) is 0.220. The van der Waals surface area contributed by atoms with Crippen molar-refractivity contribution in [1.82, 2.24) is 15.0 Å². The van der Waals surface area contributed by atoms with E-state index >= 15 is 0 Å². The highest BCUT2D eigenvalue weighted by atomic mass is 19.1. The Kier molecular flexibility index (Phi) is 8.66. The largest absolute Gasteiger partial charge is 0.493 e. The SMILES string of the molecule is Cc1nc(Nc2ccncn2)c(-c2ccc(OCCc3ccc(F)cc3)cc2)c(N2CCC(C)(C)CC2)c1CC(=O)O. The van der Waals surface area contributed by atoms with Gasteiger partial charge in [0.15, 0.2) is 0 Å². The topological polar surface area (TPSA) is 100 Å². The Hall–Kier alpha value is -4.53. The van der Waals surface area contributed by atoms with Crippen LogP contribution in [0.2, 0.25) is 0 Å². The number of benzene rings is 2. The van der Waals surface area contributed by atoms with Gasteiger partial charge in [0.05, 0.1) is 18.7 Å². The van der Waals surface area contributed by atoms with E-state index in [-0.39, 0.29) is 17.7 Å². The number of aryl methyl sites for hydroxylation is 1. The molecular formula is C33H36FN5O3. The zero-order valence-electron chi connectivity index (χ0n) is 24.2. The Bertz CT molecular complexity index is 1520. The van der Waals surface area contributed by atoms with E-state index in [4.69, 9.17) is 9.72 Å². The number of ether oxygens (including phenoxy) is 1. The summed E-state index contributed by atoms with van der Waals surface area (Å²) < 4.78 is 19.2. The third-order valence-electron chi connectivity index (χ3n) is 7.78. The van der Waals surface area contributed by atoms with E-state index in [1.54, 1.807) is 24.4 Å². The number of anilines is 3. The fourth-order valence-electron chi connectivity index (χ4n) is 5.28. The molecule has 8 nitrogen and oxygen atoms in total. The first-order valence-electron chi connectivity index (χ1n) is 14.2. The van der Waals surface area contributed by atoms with Crippen molar-refractivity contribution in [3.05, 3.63) is 89.8 Å². The van der Waals surface area contributed by atoms with Gasteiger partial charge in [0.1, 0.15) is 29.5 Å². The molecule has 0 radical (unpaired) electrons. The Balaban J connectivity index is 1.52. The van der Waals surface area contributed by atoms with Crippen molar-refractivity contribution < 1.29 is 19.0 Å². The fourth-order valence-corrected chi connectivity index (χ4v) is 5.28. The molecular weight excluding hydrogens is 533 g/mol. The van der Waals surface area contributed by atoms with E-state index < -0.39 is 5.97 Å². The molecule has 0 saturated carbocycles.